The molecule has 0 bridgehead atoms. The molecular weight excluding hydrogens is 297 g/mol. The minimum absolute atomic E-state index is 0.335. The minimum atomic E-state index is 0.335. The number of aromatic nitrogens is 1. The van der Waals surface area contributed by atoms with E-state index in [0.29, 0.717) is 33.7 Å². The van der Waals surface area contributed by atoms with Crippen LogP contribution in [0.2, 0.25) is 10.0 Å². The summed E-state index contributed by atoms with van der Waals surface area (Å²) in [6, 6.07) is 1.72. The van der Waals surface area contributed by atoms with Gasteiger partial charge in [-0.05, 0) is 25.8 Å². The van der Waals surface area contributed by atoms with Gasteiger partial charge >= 0.3 is 0 Å². The van der Waals surface area contributed by atoms with Crippen molar-refractivity contribution in [1.29, 1.82) is 0 Å². The number of nitrogens with zero attached hydrogens (tertiary/aromatic N) is 1. The van der Waals surface area contributed by atoms with Gasteiger partial charge in [-0.1, -0.05) is 30.1 Å². The predicted molar refractivity (Wildman–Crippen MR) is 85.0 cm³/mol. The first-order valence-corrected chi connectivity index (χ1v) is 7.86. The van der Waals surface area contributed by atoms with Crippen molar-refractivity contribution in [3.8, 4) is 0 Å². The van der Waals surface area contributed by atoms with E-state index < -0.39 is 0 Å². The van der Waals surface area contributed by atoms with Crippen LogP contribution in [0.5, 0.6) is 0 Å². The summed E-state index contributed by atoms with van der Waals surface area (Å²) in [5.41, 5.74) is 0. The molecule has 0 spiro atoms. The Kier molecular flexibility index (Phi) is 5.75. The van der Waals surface area contributed by atoms with Crippen LogP contribution in [0.3, 0.4) is 0 Å². The summed E-state index contributed by atoms with van der Waals surface area (Å²) < 4.78 is 5.69. The molecule has 0 aliphatic carbocycles. The minimum Gasteiger partial charge on any atom is -0.378 e. The second-order valence-electron chi connectivity index (χ2n) is 4.93. The lowest BCUT2D eigenvalue weighted by molar-refractivity contribution is 0.0900. The fourth-order valence-corrected chi connectivity index (χ4v) is 2.98. The van der Waals surface area contributed by atoms with Gasteiger partial charge in [0.15, 0.2) is 0 Å². The van der Waals surface area contributed by atoms with Crippen LogP contribution in [-0.2, 0) is 4.74 Å². The van der Waals surface area contributed by atoms with Crippen molar-refractivity contribution < 1.29 is 4.74 Å². The van der Waals surface area contributed by atoms with Crippen LogP contribution in [0.25, 0.3) is 0 Å². The Morgan fingerprint density at radius 1 is 1.25 bits per heavy atom. The molecule has 2 rings (SSSR count). The molecule has 20 heavy (non-hydrogen) atoms. The summed E-state index contributed by atoms with van der Waals surface area (Å²) in [5.74, 6) is 1.85. The lowest BCUT2D eigenvalue weighted by Crippen LogP contribution is -2.23. The Morgan fingerprint density at radius 2 is 1.95 bits per heavy atom. The molecule has 1 fully saturated rings. The third-order valence-corrected chi connectivity index (χ3v) is 4.13. The van der Waals surface area contributed by atoms with E-state index in [-0.39, 0.29) is 0 Å². The van der Waals surface area contributed by atoms with Gasteiger partial charge in [0.25, 0.3) is 0 Å². The maximum absolute atomic E-state index is 6.19. The van der Waals surface area contributed by atoms with Crippen molar-refractivity contribution in [3.05, 3.63) is 16.1 Å². The van der Waals surface area contributed by atoms with Crippen molar-refractivity contribution in [2.45, 2.75) is 32.8 Å². The molecule has 6 heteroatoms. The first kappa shape index (κ1) is 15.7. The number of hydrogen-bond donors (Lipinski definition) is 2. The van der Waals surface area contributed by atoms with Crippen molar-refractivity contribution in [1.82, 2.24) is 4.98 Å². The number of pyridine rings is 1. The lowest BCUT2D eigenvalue weighted by atomic mass is 10.00. The van der Waals surface area contributed by atoms with E-state index in [9.17, 15) is 0 Å². The molecule has 1 aromatic rings. The topological polar surface area (TPSA) is 46.2 Å². The molecule has 112 valence electrons. The molecule has 1 aliphatic rings. The molecule has 0 radical (unpaired) electrons. The monoisotopic (exact) mass is 317 g/mol. The van der Waals surface area contributed by atoms with Crippen LogP contribution in [-0.4, -0.2) is 30.8 Å². The Hall–Kier alpha value is -0.710. The van der Waals surface area contributed by atoms with Gasteiger partial charge in [-0.15, -0.1) is 0 Å². The highest BCUT2D eigenvalue weighted by molar-refractivity contribution is 6.37. The predicted octanol–water partition coefficient (Wildman–Crippen LogP) is 4.05. The van der Waals surface area contributed by atoms with Gasteiger partial charge in [0.1, 0.15) is 11.6 Å². The van der Waals surface area contributed by atoms with Gasteiger partial charge < -0.3 is 15.4 Å². The van der Waals surface area contributed by atoms with E-state index in [0.717, 1.165) is 32.5 Å². The highest BCUT2D eigenvalue weighted by Crippen LogP contribution is 2.30. The van der Waals surface area contributed by atoms with E-state index in [4.69, 9.17) is 27.9 Å². The zero-order chi connectivity index (χ0) is 14.5. The largest absolute Gasteiger partial charge is 0.378 e. The van der Waals surface area contributed by atoms with E-state index in [1.165, 1.54) is 0 Å². The zero-order valence-electron chi connectivity index (χ0n) is 11.9. The fourth-order valence-electron chi connectivity index (χ4n) is 2.49. The third kappa shape index (κ3) is 3.68. The fraction of sp³-hybridized carbons (Fsp3) is 0.643. The van der Waals surface area contributed by atoms with Crippen LogP contribution < -0.4 is 10.6 Å². The van der Waals surface area contributed by atoms with Crippen molar-refractivity contribution >= 4 is 34.8 Å². The average molecular weight is 318 g/mol. The smallest absolute Gasteiger partial charge is 0.147 e. The lowest BCUT2D eigenvalue weighted by Gasteiger charge is -2.18. The van der Waals surface area contributed by atoms with E-state index in [1.807, 2.05) is 6.92 Å². The molecule has 2 atom stereocenters. The van der Waals surface area contributed by atoms with Gasteiger partial charge in [-0.2, -0.15) is 0 Å². The van der Waals surface area contributed by atoms with E-state index in [1.54, 1.807) is 6.07 Å². The van der Waals surface area contributed by atoms with Gasteiger partial charge in [-0.25, -0.2) is 4.98 Å². The summed E-state index contributed by atoms with van der Waals surface area (Å²) in [4.78, 5) is 4.45. The van der Waals surface area contributed by atoms with Crippen LogP contribution in [0.1, 0.15) is 26.7 Å². The molecule has 1 saturated heterocycles. The maximum atomic E-state index is 6.19. The van der Waals surface area contributed by atoms with Crippen LogP contribution >= 0.6 is 23.2 Å². The van der Waals surface area contributed by atoms with Crippen LogP contribution in [0.15, 0.2) is 6.07 Å². The second kappa shape index (κ2) is 7.34. The molecule has 1 aromatic heterocycles. The SMILES string of the molecule is CCNc1nc(NCC2CCOC2CC)c(Cl)cc1Cl. The van der Waals surface area contributed by atoms with Gasteiger partial charge in [0.2, 0.25) is 0 Å². The Bertz CT molecular complexity index is 456. The maximum Gasteiger partial charge on any atom is 0.147 e. The normalized spacial score (nSPS) is 22.0. The molecule has 2 heterocycles. The van der Waals surface area contributed by atoms with Gasteiger partial charge in [0.05, 0.1) is 16.1 Å². The number of ether oxygens (including phenoxy) is 1. The molecule has 1 aliphatic heterocycles. The van der Waals surface area contributed by atoms with E-state index >= 15 is 0 Å². The quantitative estimate of drug-likeness (QED) is 0.831. The first-order chi connectivity index (χ1) is 9.65. The Balaban J connectivity index is 2.03. The number of hydrogen-bond acceptors (Lipinski definition) is 4. The van der Waals surface area contributed by atoms with E-state index in [2.05, 4.69) is 22.5 Å². The number of rotatable bonds is 6. The number of halogens is 2. The summed E-state index contributed by atoms with van der Waals surface area (Å²) in [6.45, 7) is 6.58. The third-order valence-electron chi connectivity index (χ3n) is 3.55. The summed E-state index contributed by atoms with van der Waals surface area (Å²) >= 11 is 12.3. The Labute approximate surface area is 130 Å². The molecule has 2 unspecified atom stereocenters. The molecule has 2 N–H and O–H groups in total. The number of nitrogens with one attached hydrogen (secondary N) is 2. The van der Waals surface area contributed by atoms with Crippen LogP contribution in [0, 0.1) is 5.92 Å². The summed E-state index contributed by atoms with van der Waals surface area (Å²) in [6.07, 6.45) is 2.45. The zero-order valence-corrected chi connectivity index (χ0v) is 13.4. The standard InChI is InChI=1S/C14H21Cl2N3O/c1-3-12-9(5-6-20-12)8-18-14-11(16)7-10(15)13(19-14)17-4-2/h7,9,12H,3-6,8H2,1-2H3,(H2,17,18,19). The molecule has 0 saturated carbocycles. The average Bonchev–Trinajstić information content (AvgIpc) is 2.88. The van der Waals surface area contributed by atoms with Crippen molar-refractivity contribution in [2.75, 3.05) is 30.3 Å². The molecule has 4 nitrogen and oxygen atoms in total. The first-order valence-electron chi connectivity index (χ1n) is 7.11. The number of anilines is 2. The second-order valence-corrected chi connectivity index (χ2v) is 5.74. The Morgan fingerprint density at radius 3 is 2.60 bits per heavy atom. The molecular formula is C14H21Cl2N3O. The van der Waals surface area contributed by atoms with Gasteiger partial charge in [-0.3, -0.25) is 0 Å². The van der Waals surface area contributed by atoms with Crippen molar-refractivity contribution in [2.24, 2.45) is 5.92 Å². The summed E-state index contributed by atoms with van der Waals surface area (Å²) in [5, 5.41) is 7.53. The molecule has 0 aromatic carbocycles. The molecule has 0 amide bonds. The summed E-state index contributed by atoms with van der Waals surface area (Å²) in [7, 11) is 0. The van der Waals surface area contributed by atoms with Crippen LogP contribution in [0.4, 0.5) is 11.6 Å². The highest BCUT2D eigenvalue weighted by Gasteiger charge is 2.26. The van der Waals surface area contributed by atoms with Gasteiger partial charge in [0, 0.05) is 25.6 Å². The highest BCUT2D eigenvalue weighted by atomic mass is 35.5. The van der Waals surface area contributed by atoms with Crippen molar-refractivity contribution in [3.63, 3.8) is 0 Å².